The summed E-state index contributed by atoms with van der Waals surface area (Å²) in [4.78, 5) is 2.44. The van der Waals surface area contributed by atoms with Gasteiger partial charge in [-0.2, -0.15) is 5.10 Å². The van der Waals surface area contributed by atoms with Crippen LogP contribution in [0.1, 0.15) is 30.5 Å². The molecule has 0 atom stereocenters. The van der Waals surface area contributed by atoms with E-state index in [1.165, 1.54) is 25.1 Å². The number of anilines is 1. The second-order valence-electron chi connectivity index (χ2n) is 5.32. The zero-order chi connectivity index (χ0) is 13.9. The van der Waals surface area contributed by atoms with Crippen LogP contribution in [0.3, 0.4) is 0 Å². The van der Waals surface area contributed by atoms with Crippen molar-refractivity contribution >= 4 is 17.4 Å². The van der Waals surface area contributed by atoms with E-state index in [0.717, 1.165) is 30.0 Å². The van der Waals surface area contributed by atoms with E-state index in [2.05, 4.69) is 21.7 Å². The molecular formula is C16H20ClN3. The van der Waals surface area contributed by atoms with Gasteiger partial charge in [0.25, 0.3) is 0 Å². The van der Waals surface area contributed by atoms with Gasteiger partial charge in [-0.05, 0) is 38.3 Å². The van der Waals surface area contributed by atoms with Gasteiger partial charge in [0.1, 0.15) is 5.82 Å². The maximum atomic E-state index is 6.18. The molecule has 0 spiro atoms. The van der Waals surface area contributed by atoms with E-state index in [9.17, 15) is 0 Å². The molecule has 0 aliphatic carbocycles. The van der Waals surface area contributed by atoms with Gasteiger partial charge in [0.15, 0.2) is 0 Å². The lowest BCUT2D eigenvalue weighted by molar-refractivity contribution is 0.566. The van der Waals surface area contributed by atoms with Gasteiger partial charge in [-0.15, -0.1) is 11.6 Å². The Labute approximate surface area is 125 Å². The standard InChI is InChI=1S/C16H20ClN3/c1-13-15(12-17)16(19-10-6-3-7-11-19)20(18-13)14-8-4-2-5-9-14/h2,4-5,8-9H,3,6-7,10-12H2,1H3. The highest BCUT2D eigenvalue weighted by molar-refractivity contribution is 6.17. The largest absolute Gasteiger partial charge is 0.356 e. The second kappa shape index (κ2) is 5.88. The van der Waals surface area contributed by atoms with Crippen molar-refractivity contribution in [2.45, 2.75) is 32.1 Å². The average molecular weight is 290 g/mol. The smallest absolute Gasteiger partial charge is 0.137 e. The maximum Gasteiger partial charge on any atom is 0.137 e. The van der Waals surface area contributed by atoms with Gasteiger partial charge in [-0.1, -0.05) is 18.2 Å². The molecule has 2 aromatic rings. The zero-order valence-corrected chi connectivity index (χ0v) is 12.6. The summed E-state index contributed by atoms with van der Waals surface area (Å²) in [5.74, 6) is 1.70. The SMILES string of the molecule is Cc1nn(-c2ccccc2)c(N2CCCCC2)c1CCl. The number of piperidine rings is 1. The Balaban J connectivity index is 2.09. The number of aromatic nitrogens is 2. The predicted octanol–water partition coefficient (Wildman–Crippen LogP) is 3.91. The van der Waals surface area contributed by atoms with Crippen LogP contribution in [0, 0.1) is 6.92 Å². The Morgan fingerprint density at radius 1 is 1.10 bits per heavy atom. The first-order valence-electron chi connectivity index (χ1n) is 7.26. The zero-order valence-electron chi connectivity index (χ0n) is 11.8. The van der Waals surface area contributed by atoms with Gasteiger partial charge in [-0.3, -0.25) is 0 Å². The summed E-state index contributed by atoms with van der Waals surface area (Å²) in [6, 6.07) is 10.3. The lowest BCUT2D eigenvalue weighted by atomic mass is 10.1. The molecule has 1 aromatic carbocycles. The van der Waals surface area contributed by atoms with Crippen molar-refractivity contribution in [2.24, 2.45) is 0 Å². The van der Waals surface area contributed by atoms with Gasteiger partial charge in [0.2, 0.25) is 0 Å². The summed E-state index contributed by atoms with van der Waals surface area (Å²) in [7, 11) is 0. The van der Waals surface area contributed by atoms with Crippen LogP contribution < -0.4 is 4.90 Å². The number of nitrogens with zero attached hydrogens (tertiary/aromatic N) is 3. The van der Waals surface area contributed by atoms with E-state index < -0.39 is 0 Å². The van der Waals surface area contributed by atoms with Gasteiger partial charge in [0, 0.05) is 18.7 Å². The molecule has 3 rings (SSSR count). The molecule has 1 aliphatic heterocycles. The minimum Gasteiger partial charge on any atom is -0.356 e. The van der Waals surface area contributed by atoms with E-state index in [4.69, 9.17) is 16.7 Å². The summed E-state index contributed by atoms with van der Waals surface area (Å²) >= 11 is 6.18. The van der Waals surface area contributed by atoms with Crippen LogP contribution in [-0.4, -0.2) is 22.9 Å². The van der Waals surface area contributed by atoms with E-state index in [1.807, 2.05) is 25.1 Å². The maximum absolute atomic E-state index is 6.18. The number of para-hydroxylation sites is 1. The number of halogens is 1. The fourth-order valence-corrected chi connectivity index (χ4v) is 3.20. The second-order valence-corrected chi connectivity index (χ2v) is 5.58. The molecule has 1 fully saturated rings. The topological polar surface area (TPSA) is 21.1 Å². The van der Waals surface area contributed by atoms with Crippen LogP contribution in [0.25, 0.3) is 5.69 Å². The molecule has 106 valence electrons. The highest BCUT2D eigenvalue weighted by Crippen LogP contribution is 2.30. The highest BCUT2D eigenvalue weighted by Gasteiger charge is 2.22. The van der Waals surface area contributed by atoms with Crippen molar-refractivity contribution in [3.05, 3.63) is 41.6 Å². The summed E-state index contributed by atoms with van der Waals surface area (Å²) in [6.07, 6.45) is 3.83. The molecule has 2 heterocycles. The summed E-state index contributed by atoms with van der Waals surface area (Å²) in [5, 5.41) is 4.72. The highest BCUT2D eigenvalue weighted by atomic mass is 35.5. The monoisotopic (exact) mass is 289 g/mol. The first kappa shape index (κ1) is 13.5. The number of aryl methyl sites for hydroxylation is 1. The first-order chi connectivity index (χ1) is 9.81. The Bertz CT molecular complexity index is 571. The Hall–Kier alpha value is -1.48. The fourth-order valence-electron chi connectivity index (χ4n) is 2.88. The quantitative estimate of drug-likeness (QED) is 0.799. The minimum atomic E-state index is 0.518. The van der Waals surface area contributed by atoms with E-state index in [1.54, 1.807) is 0 Å². The third-order valence-corrected chi connectivity index (χ3v) is 4.21. The molecule has 0 radical (unpaired) electrons. The fraction of sp³-hybridized carbons (Fsp3) is 0.438. The molecule has 0 N–H and O–H groups in total. The third-order valence-electron chi connectivity index (χ3n) is 3.95. The normalized spacial score (nSPS) is 15.6. The Morgan fingerprint density at radius 3 is 2.45 bits per heavy atom. The molecule has 0 saturated carbocycles. The van der Waals surface area contributed by atoms with Gasteiger partial charge >= 0.3 is 0 Å². The van der Waals surface area contributed by atoms with Crippen molar-refractivity contribution in [3.8, 4) is 5.69 Å². The van der Waals surface area contributed by atoms with Crippen molar-refractivity contribution in [3.63, 3.8) is 0 Å². The number of alkyl halides is 1. The molecule has 4 heteroatoms. The third kappa shape index (κ3) is 2.42. The number of benzene rings is 1. The minimum absolute atomic E-state index is 0.518. The Morgan fingerprint density at radius 2 is 1.80 bits per heavy atom. The molecule has 3 nitrogen and oxygen atoms in total. The van der Waals surface area contributed by atoms with Crippen molar-refractivity contribution in [1.29, 1.82) is 0 Å². The van der Waals surface area contributed by atoms with E-state index >= 15 is 0 Å². The van der Waals surface area contributed by atoms with Crippen LogP contribution in [-0.2, 0) is 5.88 Å². The van der Waals surface area contributed by atoms with Crippen molar-refractivity contribution in [1.82, 2.24) is 9.78 Å². The average Bonchev–Trinajstić information content (AvgIpc) is 2.85. The van der Waals surface area contributed by atoms with E-state index in [-0.39, 0.29) is 0 Å². The summed E-state index contributed by atoms with van der Waals surface area (Å²) < 4.78 is 2.05. The van der Waals surface area contributed by atoms with Gasteiger partial charge in [-0.25, -0.2) is 4.68 Å². The van der Waals surface area contributed by atoms with Crippen LogP contribution in [0.5, 0.6) is 0 Å². The molecule has 1 aliphatic rings. The molecular weight excluding hydrogens is 270 g/mol. The van der Waals surface area contributed by atoms with Crippen molar-refractivity contribution < 1.29 is 0 Å². The first-order valence-corrected chi connectivity index (χ1v) is 7.79. The number of rotatable bonds is 3. The number of hydrogen-bond donors (Lipinski definition) is 0. The van der Waals surface area contributed by atoms with Crippen LogP contribution in [0.4, 0.5) is 5.82 Å². The summed E-state index contributed by atoms with van der Waals surface area (Å²) in [6.45, 7) is 4.24. The lowest BCUT2D eigenvalue weighted by Crippen LogP contribution is -2.32. The Kier molecular flexibility index (Phi) is 3.97. The molecule has 0 bridgehead atoms. The number of hydrogen-bond acceptors (Lipinski definition) is 2. The van der Waals surface area contributed by atoms with E-state index in [0.29, 0.717) is 5.88 Å². The van der Waals surface area contributed by atoms with Gasteiger partial charge < -0.3 is 4.90 Å². The molecule has 20 heavy (non-hydrogen) atoms. The van der Waals surface area contributed by atoms with Crippen LogP contribution in [0.15, 0.2) is 30.3 Å². The van der Waals surface area contributed by atoms with Gasteiger partial charge in [0.05, 0.1) is 17.3 Å². The molecule has 1 aromatic heterocycles. The predicted molar refractivity (Wildman–Crippen MR) is 83.9 cm³/mol. The molecule has 0 unspecified atom stereocenters. The van der Waals surface area contributed by atoms with Crippen LogP contribution >= 0.6 is 11.6 Å². The lowest BCUT2D eigenvalue weighted by Gasteiger charge is -2.30. The van der Waals surface area contributed by atoms with Crippen molar-refractivity contribution in [2.75, 3.05) is 18.0 Å². The molecule has 1 saturated heterocycles. The molecule has 0 amide bonds. The summed E-state index contributed by atoms with van der Waals surface area (Å²) in [5.41, 5.74) is 3.30. The van der Waals surface area contributed by atoms with Crippen LogP contribution in [0.2, 0.25) is 0 Å².